The van der Waals surface area contributed by atoms with Crippen molar-refractivity contribution in [3.05, 3.63) is 237 Å². The van der Waals surface area contributed by atoms with E-state index in [4.69, 9.17) is 49.8 Å². The number of aryl methyl sites for hydroxylation is 2. The minimum Gasteiger partial charge on any atom is -0.398 e. The van der Waals surface area contributed by atoms with Crippen LogP contribution in [-0.2, 0) is 45.4 Å². The molecule has 92 heavy (non-hydrogen) atoms. The summed E-state index contributed by atoms with van der Waals surface area (Å²) in [7, 11) is -0.538. The van der Waals surface area contributed by atoms with Crippen LogP contribution in [-0.4, -0.2) is 88.2 Å². The van der Waals surface area contributed by atoms with Crippen LogP contribution in [0.3, 0.4) is 0 Å². The van der Waals surface area contributed by atoms with Crippen LogP contribution in [0.1, 0.15) is 116 Å². The fraction of sp³-hybridized carbons (Fsp3) is 0.303. The van der Waals surface area contributed by atoms with Gasteiger partial charge in [-0.15, -0.1) is 37.9 Å². The maximum atomic E-state index is 13.2. The van der Waals surface area contributed by atoms with E-state index in [9.17, 15) is 23.4 Å². The summed E-state index contributed by atoms with van der Waals surface area (Å²) in [5, 5.41) is 47.2. The number of nitrogens with two attached hydrogens (primary N) is 1. The zero-order chi connectivity index (χ0) is 66.5. The predicted octanol–water partition coefficient (Wildman–Crippen LogP) is 13.6. The normalized spacial score (nSPS) is 13.2. The first-order valence-corrected chi connectivity index (χ1v) is 29.9. The van der Waals surface area contributed by atoms with Crippen LogP contribution >= 0.6 is 47.2 Å². The number of halogens is 7. The fourth-order valence-corrected chi connectivity index (χ4v) is 9.22. The lowest BCUT2D eigenvalue weighted by molar-refractivity contribution is 0.00578. The van der Waals surface area contributed by atoms with Gasteiger partial charge >= 0.3 is 7.12 Å². The molecule has 1 fully saturated rings. The van der Waals surface area contributed by atoms with Crippen molar-refractivity contribution >= 4 is 65.7 Å². The molecule has 0 atom stereocenters. The average Bonchev–Trinajstić information content (AvgIpc) is 1.65. The Morgan fingerprint density at radius 2 is 0.978 bits per heavy atom. The summed E-state index contributed by atoms with van der Waals surface area (Å²) < 4.78 is 54.3. The Morgan fingerprint density at radius 3 is 1.39 bits per heavy atom. The number of anilines is 1. The van der Waals surface area contributed by atoms with E-state index >= 15 is 0 Å². The number of aliphatic hydroxyl groups is 2. The van der Waals surface area contributed by atoms with Gasteiger partial charge in [0.2, 0.25) is 0 Å². The van der Waals surface area contributed by atoms with Crippen LogP contribution in [0.5, 0.6) is 0 Å². The number of imidazole rings is 2. The number of nitrogens with zero attached hydrogens (tertiary/aromatic N) is 12. The molecular formula is C66H76BCl4F3N14O4. The van der Waals surface area contributed by atoms with E-state index in [2.05, 4.69) is 69.7 Å². The number of aromatic nitrogens is 12. The van der Waals surface area contributed by atoms with Crippen molar-refractivity contribution in [2.24, 2.45) is 5.73 Å². The smallest absolute Gasteiger partial charge is 0.398 e. The predicted molar refractivity (Wildman–Crippen MR) is 359 cm³/mol. The highest BCUT2D eigenvalue weighted by atomic mass is 35.5. The van der Waals surface area contributed by atoms with E-state index < -0.39 is 23.9 Å². The molecule has 0 aliphatic carbocycles. The monoisotopic (exact) mass is 1340 g/mol. The summed E-state index contributed by atoms with van der Waals surface area (Å²) in [5.74, 6) is -0.127. The van der Waals surface area contributed by atoms with Crippen LogP contribution in [0.4, 0.5) is 19.0 Å². The van der Waals surface area contributed by atoms with Crippen LogP contribution in [0, 0.1) is 31.3 Å². The molecule has 10 aromatic rings. The second-order valence-electron chi connectivity index (χ2n) is 24.0. The molecule has 1 saturated heterocycles. The number of hydrogen-bond donors (Lipinski definition) is 4. The number of aliphatic hydroxyl groups excluding tert-OH is 2. The molecule has 0 amide bonds. The number of pyridine rings is 2. The van der Waals surface area contributed by atoms with Gasteiger partial charge in [-0.25, -0.2) is 28.1 Å². The summed E-state index contributed by atoms with van der Waals surface area (Å²) in [5.41, 5.74) is 14.1. The molecule has 5 N–H and O–H groups in total. The van der Waals surface area contributed by atoms with E-state index in [-0.39, 0.29) is 55.5 Å². The molecule has 1 aliphatic heterocycles. The van der Waals surface area contributed by atoms with Crippen molar-refractivity contribution < 1.29 is 34.1 Å². The number of nitrogens with one attached hydrogen (secondary N) is 1. The van der Waals surface area contributed by atoms with E-state index in [0.29, 0.717) is 49.6 Å². The number of rotatable bonds is 13. The molecule has 0 saturated carbocycles. The third kappa shape index (κ3) is 20.4. The van der Waals surface area contributed by atoms with Gasteiger partial charge < -0.3 is 39.7 Å². The topological polar surface area (TPSA) is 236 Å². The van der Waals surface area contributed by atoms with Crippen molar-refractivity contribution in [3.8, 4) is 22.8 Å². The molecular weight excluding hydrogens is 1260 g/mol. The first kappa shape index (κ1) is 73.3. The van der Waals surface area contributed by atoms with Crippen molar-refractivity contribution in [2.75, 3.05) is 5.32 Å². The Balaban J connectivity index is 0.000000224. The molecule has 0 unspecified atom stereocenters. The Kier molecular flexibility index (Phi) is 25.3. The molecule has 486 valence electrons. The highest BCUT2D eigenvalue weighted by molar-refractivity contribution is 6.61. The molecule has 8 heterocycles. The summed E-state index contributed by atoms with van der Waals surface area (Å²) in [6.45, 7) is 23.4. The Hall–Kier alpha value is -7.77. The quantitative estimate of drug-likeness (QED) is 0.0785. The minimum absolute atomic E-state index is 0. The van der Waals surface area contributed by atoms with Gasteiger partial charge in [0.25, 0.3) is 0 Å². The van der Waals surface area contributed by atoms with Gasteiger partial charge in [-0.2, -0.15) is 5.10 Å². The maximum Gasteiger partial charge on any atom is 0.514 e. The Bertz CT molecular complexity index is 3930. The highest BCUT2D eigenvalue weighted by Crippen LogP contribution is 2.37. The molecule has 3 aromatic carbocycles. The number of benzene rings is 3. The minimum atomic E-state index is -0.538. The Labute approximate surface area is 557 Å². The molecule has 18 nitrogen and oxygen atoms in total. The van der Waals surface area contributed by atoms with Crippen LogP contribution in [0.15, 0.2) is 159 Å². The van der Waals surface area contributed by atoms with Gasteiger partial charge in [0.05, 0.1) is 93.7 Å². The van der Waals surface area contributed by atoms with Gasteiger partial charge in [0.1, 0.15) is 29.0 Å². The lowest BCUT2D eigenvalue weighted by Gasteiger charge is -2.32. The molecule has 11 rings (SSSR count). The van der Waals surface area contributed by atoms with Gasteiger partial charge in [-0.1, -0.05) is 85.0 Å². The van der Waals surface area contributed by atoms with E-state index in [0.717, 1.165) is 51.6 Å². The van der Waals surface area contributed by atoms with Gasteiger partial charge in [-0.05, 0) is 188 Å². The van der Waals surface area contributed by atoms with Crippen LogP contribution < -0.4 is 16.6 Å². The van der Waals surface area contributed by atoms with E-state index in [1.165, 1.54) is 36.4 Å². The van der Waals surface area contributed by atoms with E-state index in [1.54, 1.807) is 67.3 Å². The summed E-state index contributed by atoms with van der Waals surface area (Å²) in [6.07, 6.45) is 7.89. The Morgan fingerprint density at radius 1 is 0.543 bits per heavy atom. The lowest BCUT2D eigenvalue weighted by atomic mass is 9.80. The third-order valence-corrected chi connectivity index (χ3v) is 15.4. The van der Waals surface area contributed by atoms with Gasteiger partial charge in [0, 0.05) is 25.8 Å². The van der Waals surface area contributed by atoms with Crippen LogP contribution in [0.2, 0.25) is 15.5 Å². The summed E-state index contributed by atoms with van der Waals surface area (Å²) >= 11 is 16.5. The highest BCUT2D eigenvalue weighted by Gasteiger charge is 2.52. The van der Waals surface area contributed by atoms with Crippen molar-refractivity contribution in [2.45, 2.75) is 130 Å². The summed E-state index contributed by atoms with van der Waals surface area (Å²) in [4.78, 5) is 17.5. The first-order valence-electron chi connectivity index (χ1n) is 28.8. The zero-order valence-electron chi connectivity index (χ0n) is 53.0. The molecule has 0 bridgehead atoms. The summed E-state index contributed by atoms with van der Waals surface area (Å²) in [6, 6.07) is 37.0. The fourth-order valence-electron chi connectivity index (χ4n) is 8.92. The molecule has 26 heteroatoms. The zero-order valence-corrected chi connectivity index (χ0v) is 56.1. The molecule has 0 radical (unpaired) electrons. The standard InChI is InChI=1S/C23H23FN6O.C16H22BN3O3.C14H14ClFN2.C9H12FN.C4H2Cl2N2.ClH.H2/c1-15-12-30(14-25-15)21-10-8-18(26-20(21)13-31)19-9-11-22(29-28-19)27-23(2,3)16-4-6-17(24)7-5-16;1-11-8-20(10-18-11)13-6-7-14(19-12(13)9-21)17-22-15(2,3)16(4,5)23-17;1-14(2,10-3-5-11(16)6-4-10)9-12-7-8-13(15)18-17-12;1-9(2,11)7-3-5-8(10)6-4-7;5-3-1-2-4(6)8-7-3;;/h4-12,14,31H,13H2,1-3H3,(H,27,29);6-8,10,21H,9H2,1-5H3;3-8H,9H2,1-2H3;3-6H,11H2,1-2H3;1-2H;2*1H. The van der Waals surface area contributed by atoms with Gasteiger partial charge in [-0.3, -0.25) is 4.98 Å². The molecule has 7 aromatic heterocycles. The lowest BCUT2D eigenvalue weighted by Crippen LogP contribution is -2.41. The van der Waals surface area contributed by atoms with Crippen molar-refractivity contribution in [1.82, 2.24) is 59.7 Å². The largest absolute Gasteiger partial charge is 0.514 e. The second kappa shape index (κ2) is 31.7. The van der Waals surface area contributed by atoms with Gasteiger partial charge in [0.15, 0.2) is 15.5 Å². The first-order chi connectivity index (χ1) is 42.8. The third-order valence-electron chi connectivity index (χ3n) is 14.8. The average molecular weight is 1340 g/mol. The molecule has 1 aliphatic rings. The van der Waals surface area contributed by atoms with Crippen molar-refractivity contribution in [1.29, 1.82) is 0 Å². The SMILES string of the molecule is CC(C)(Cc1ccc(Cl)nn1)c1ccc(F)cc1.CC(C)(N)c1ccc(F)cc1.Cc1cn(-c2ccc(-c3ccc(NC(C)(C)c4ccc(F)cc4)nn3)nc2CO)cn1.Cc1cn(-c2ccc(B3OC(C)(C)C(C)(C)O3)nc2CO)cn1.Cl.Clc1ccc(Cl)nn1.[HH]. The number of hydrogen-bond acceptors (Lipinski definition) is 16. The maximum absolute atomic E-state index is 13.2. The van der Waals surface area contributed by atoms with E-state index in [1.807, 2.05) is 133 Å². The van der Waals surface area contributed by atoms with Crippen molar-refractivity contribution in [3.63, 3.8) is 0 Å². The van der Waals surface area contributed by atoms with Crippen LogP contribution in [0.25, 0.3) is 22.8 Å². The second-order valence-corrected chi connectivity index (χ2v) is 25.2. The molecule has 0 spiro atoms.